The molecule has 1 rings (SSSR count). The number of nitrogens with two attached hydrogens (primary N) is 1. The fourth-order valence-electron chi connectivity index (χ4n) is 1.53. The van der Waals surface area contributed by atoms with Crippen molar-refractivity contribution in [2.75, 3.05) is 6.54 Å². The van der Waals surface area contributed by atoms with Crippen LogP contribution < -0.4 is 10.5 Å². The van der Waals surface area contributed by atoms with E-state index >= 15 is 0 Å². The number of benzene rings is 1. The topological polar surface area (TPSA) is 115 Å². The summed E-state index contributed by atoms with van der Waals surface area (Å²) < 4.78 is 40.0. The standard InChI is InChI=1S/C11H16FN3O4S/c1-7(2)10(6-13)14-20(18,19)11-5-8(15(16)17)3-4-9(11)12/h3-5,7,10,14H,6,13H2,1-2H3. The minimum atomic E-state index is -4.21. The molecule has 1 aromatic rings. The minimum Gasteiger partial charge on any atom is -0.329 e. The molecule has 0 bridgehead atoms. The van der Waals surface area contributed by atoms with Gasteiger partial charge in [0.1, 0.15) is 10.7 Å². The van der Waals surface area contributed by atoms with Gasteiger partial charge in [0.25, 0.3) is 5.69 Å². The smallest absolute Gasteiger partial charge is 0.270 e. The first-order chi connectivity index (χ1) is 9.19. The van der Waals surface area contributed by atoms with Crippen molar-refractivity contribution in [3.05, 3.63) is 34.1 Å². The number of hydrogen-bond donors (Lipinski definition) is 2. The highest BCUT2D eigenvalue weighted by Gasteiger charge is 2.26. The molecule has 1 atom stereocenters. The highest BCUT2D eigenvalue weighted by molar-refractivity contribution is 7.89. The van der Waals surface area contributed by atoms with Gasteiger partial charge in [0.15, 0.2) is 0 Å². The molecule has 1 unspecified atom stereocenters. The quantitative estimate of drug-likeness (QED) is 0.601. The summed E-state index contributed by atoms with van der Waals surface area (Å²) in [6, 6.07) is 1.75. The lowest BCUT2D eigenvalue weighted by atomic mass is 10.1. The van der Waals surface area contributed by atoms with E-state index < -0.39 is 37.4 Å². The Kier molecular flexibility index (Phi) is 5.15. The summed E-state index contributed by atoms with van der Waals surface area (Å²) in [6.45, 7) is 3.54. The molecule has 0 radical (unpaired) electrons. The zero-order chi connectivity index (χ0) is 15.5. The van der Waals surface area contributed by atoms with Gasteiger partial charge < -0.3 is 5.73 Å². The molecule has 20 heavy (non-hydrogen) atoms. The van der Waals surface area contributed by atoms with Gasteiger partial charge in [0.05, 0.1) is 4.92 Å². The van der Waals surface area contributed by atoms with Crippen molar-refractivity contribution in [3.63, 3.8) is 0 Å². The van der Waals surface area contributed by atoms with Crippen LogP contribution in [0.1, 0.15) is 13.8 Å². The van der Waals surface area contributed by atoms with E-state index in [1.54, 1.807) is 13.8 Å². The normalized spacial score (nSPS) is 13.4. The minimum absolute atomic E-state index is 0.0352. The van der Waals surface area contributed by atoms with Crippen LogP contribution in [-0.4, -0.2) is 25.9 Å². The third kappa shape index (κ3) is 3.71. The maximum Gasteiger partial charge on any atom is 0.270 e. The van der Waals surface area contributed by atoms with E-state index in [4.69, 9.17) is 5.73 Å². The second kappa shape index (κ2) is 6.25. The molecule has 0 aliphatic rings. The maximum atomic E-state index is 13.6. The molecule has 0 amide bonds. The average Bonchev–Trinajstić information content (AvgIpc) is 2.35. The van der Waals surface area contributed by atoms with Gasteiger partial charge in [0, 0.05) is 24.7 Å². The van der Waals surface area contributed by atoms with Crippen molar-refractivity contribution in [2.24, 2.45) is 11.7 Å². The van der Waals surface area contributed by atoms with Gasteiger partial charge in [-0.05, 0) is 12.0 Å². The van der Waals surface area contributed by atoms with Crippen molar-refractivity contribution in [2.45, 2.75) is 24.8 Å². The zero-order valence-electron chi connectivity index (χ0n) is 11.0. The highest BCUT2D eigenvalue weighted by atomic mass is 32.2. The molecule has 0 fully saturated rings. The SMILES string of the molecule is CC(C)C(CN)NS(=O)(=O)c1cc([N+](=O)[O-])ccc1F. The molecule has 3 N–H and O–H groups in total. The van der Waals surface area contributed by atoms with E-state index in [1.165, 1.54) is 0 Å². The molecule has 0 heterocycles. The number of non-ortho nitro benzene ring substituents is 1. The van der Waals surface area contributed by atoms with E-state index in [2.05, 4.69) is 4.72 Å². The van der Waals surface area contributed by atoms with E-state index in [0.717, 1.165) is 12.1 Å². The largest absolute Gasteiger partial charge is 0.329 e. The Balaban J connectivity index is 3.21. The Morgan fingerprint density at radius 2 is 2.05 bits per heavy atom. The number of halogens is 1. The van der Waals surface area contributed by atoms with Gasteiger partial charge in [-0.3, -0.25) is 10.1 Å². The Morgan fingerprint density at radius 3 is 2.50 bits per heavy atom. The lowest BCUT2D eigenvalue weighted by Crippen LogP contribution is -2.43. The van der Waals surface area contributed by atoms with Crippen molar-refractivity contribution >= 4 is 15.7 Å². The molecule has 0 aliphatic heterocycles. The van der Waals surface area contributed by atoms with Gasteiger partial charge in [0.2, 0.25) is 10.0 Å². The number of hydrogen-bond acceptors (Lipinski definition) is 5. The van der Waals surface area contributed by atoms with E-state index in [9.17, 15) is 22.9 Å². The second-order valence-electron chi connectivity index (χ2n) is 4.58. The number of nitrogens with zero attached hydrogens (tertiary/aromatic N) is 1. The first kappa shape index (κ1) is 16.5. The van der Waals surface area contributed by atoms with Crippen LogP contribution in [0.3, 0.4) is 0 Å². The predicted octanol–water partition coefficient (Wildman–Crippen LogP) is 0.996. The monoisotopic (exact) mass is 305 g/mol. The number of rotatable bonds is 6. The lowest BCUT2D eigenvalue weighted by molar-refractivity contribution is -0.385. The predicted molar refractivity (Wildman–Crippen MR) is 71.1 cm³/mol. The van der Waals surface area contributed by atoms with Crippen LogP contribution in [0.25, 0.3) is 0 Å². The summed E-state index contributed by atoms with van der Waals surface area (Å²) >= 11 is 0. The molecule has 9 heteroatoms. The van der Waals surface area contributed by atoms with Gasteiger partial charge in [-0.25, -0.2) is 17.5 Å². The van der Waals surface area contributed by atoms with Gasteiger partial charge in [-0.1, -0.05) is 13.8 Å². The molecular weight excluding hydrogens is 289 g/mol. The van der Waals surface area contributed by atoms with Crippen LogP contribution in [0, 0.1) is 21.8 Å². The number of nitro benzene ring substituents is 1. The lowest BCUT2D eigenvalue weighted by Gasteiger charge is -2.20. The summed E-state index contributed by atoms with van der Waals surface area (Å²) in [5.41, 5.74) is 4.95. The molecule has 112 valence electrons. The van der Waals surface area contributed by atoms with Crippen LogP contribution in [0.2, 0.25) is 0 Å². The van der Waals surface area contributed by atoms with Crippen LogP contribution in [-0.2, 0) is 10.0 Å². The summed E-state index contributed by atoms with van der Waals surface area (Å²) in [7, 11) is -4.21. The molecule has 0 saturated carbocycles. The Morgan fingerprint density at radius 1 is 1.45 bits per heavy atom. The third-order valence-electron chi connectivity index (χ3n) is 2.78. The Hall–Kier alpha value is -1.58. The van der Waals surface area contributed by atoms with E-state index in [1.807, 2.05) is 0 Å². The number of nitrogens with one attached hydrogen (secondary N) is 1. The van der Waals surface area contributed by atoms with Crippen LogP contribution >= 0.6 is 0 Å². The van der Waals surface area contributed by atoms with Crippen molar-refractivity contribution < 1.29 is 17.7 Å². The van der Waals surface area contributed by atoms with Crippen LogP contribution in [0.4, 0.5) is 10.1 Å². The molecule has 0 aromatic heterocycles. The van der Waals surface area contributed by atoms with Gasteiger partial charge in [-0.2, -0.15) is 0 Å². The number of sulfonamides is 1. The maximum absolute atomic E-state index is 13.6. The first-order valence-electron chi connectivity index (χ1n) is 5.85. The van der Waals surface area contributed by atoms with Gasteiger partial charge in [-0.15, -0.1) is 0 Å². The highest BCUT2D eigenvalue weighted by Crippen LogP contribution is 2.21. The number of nitro groups is 1. The first-order valence-corrected chi connectivity index (χ1v) is 7.33. The van der Waals surface area contributed by atoms with Crippen LogP contribution in [0.15, 0.2) is 23.1 Å². The summed E-state index contributed by atoms with van der Waals surface area (Å²) in [6.07, 6.45) is 0. The van der Waals surface area contributed by atoms with E-state index in [-0.39, 0.29) is 12.5 Å². The molecule has 0 spiro atoms. The fourth-order valence-corrected chi connectivity index (χ4v) is 3.03. The average molecular weight is 305 g/mol. The summed E-state index contributed by atoms with van der Waals surface area (Å²) in [5.74, 6) is -1.15. The second-order valence-corrected chi connectivity index (χ2v) is 6.26. The Bertz CT molecular complexity index is 604. The van der Waals surface area contributed by atoms with Gasteiger partial charge >= 0.3 is 0 Å². The van der Waals surface area contributed by atoms with Crippen molar-refractivity contribution in [1.82, 2.24) is 4.72 Å². The molecule has 7 nitrogen and oxygen atoms in total. The van der Waals surface area contributed by atoms with Crippen molar-refractivity contribution in [1.29, 1.82) is 0 Å². The fraction of sp³-hybridized carbons (Fsp3) is 0.455. The molecule has 0 aliphatic carbocycles. The Labute approximate surface area is 116 Å². The molecule has 1 aromatic carbocycles. The summed E-state index contributed by atoms with van der Waals surface area (Å²) in [5, 5.41) is 10.6. The van der Waals surface area contributed by atoms with Crippen LogP contribution in [0.5, 0.6) is 0 Å². The zero-order valence-corrected chi connectivity index (χ0v) is 11.9. The molecular formula is C11H16FN3O4S. The molecule has 0 saturated heterocycles. The van der Waals surface area contributed by atoms with Crippen molar-refractivity contribution in [3.8, 4) is 0 Å². The third-order valence-corrected chi connectivity index (χ3v) is 4.29. The van der Waals surface area contributed by atoms with E-state index in [0.29, 0.717) is 6.07 Å². The summed E-state index contributed by atoms with van der Waals surface area (Å²) in [4.78, 5) is 9.08.